The third-order valence-corrected chi connectivity index (χ3v) is 6.02. The van der Waals surface area contributed by atoms with Crippen molar-refractivity contribution in [2.75, 3.05) is 0 Å². The van der Waals surface area contributed by atoms with Gasteiger partial charge >= 0.3 is 0 Å². The highest BCUT2D eigenvalue weighted by atomic mass is 19.1. The Kier molecular flexibility index (Phi) is 3.98. The maximum absolute atomic E-state index is 14.5. The number of pyridine rings is 1. The molecule has 6 rings (SSSR count). The van der Waals surface area contributed by atoms with Gasteiger partial charge in [-0.25, -0.2) is 14.4 Å². The fraction of sp³-hybridized carbons (Fsp3) is 0.0800. The highest BCUT2D eigenvalue weighted by molar-refractivity contribution is 6.01. The van der Waals surface area contributed by atoms with Crippen molar-refractivity contribution in [2.45, 2.75) is 6.92 Å². The van der Waals surface area contributed by atoms with Crippen molar-refractivity contribution in [3.63, 3.8) is 0 Å². The number of imidazole rings is 1. The molecule has 6 nitrogen and oxygen atoms in total. The summed E-state index contributed by atoms with van der Waals surface area (Å²) < 4.78 is 16.5. The van der Waals surface area contributed by atoms with Crippen LogP contribution in [0.3, 0.4) is 0 Å². The summed E-state index contributed by atoms with van der Waals surface area (Å²) in [6, 6.07) is 16.8. The standard InChI is InChI=1S/C25H19FN6/c1-14-27-13-23(32(14)2)15-10-19-24(30-31-25(19)28-12-15)22-11-18-16(7-5-9-21(18)29-22)17-6-3-4-8-20(17)26/h3-13,29H,1-2H3,(H,28,30,31). The van der Waals surface area contributed by atoms with Gasteiger partial charge in [0.2, 0.25) is 0 Å². The van der Waals surface area contributed by atoms with Gasteiger partial charge in [-0.15, -0.1) is 0 Å². The second-order valence-corrected chi connectivity index (χ2v) is 7.87. The zero-order chi connectivity index (χ0) is 21.8. The van der Waals surface area contributed by atoms with E-state index in [0.29, 0.717) is 11.2 Å². The highest BCUT2D eigenvalue weighted by Gasteiger charge is 2.16. The molecule has 0 spiro atoms. The van der Waals surface area contributed by atoms with E-state index in [1.807, 2.05) is 61.3 Å². The van der Waals surface area contributed by atoms with Crippen LogP contribution in [0.15, 0.2) is 67.0 Å². The number of nitrogens with zero attached hydrogens (tertiary/aromatic N) is 4. The lowest BCUT2D eigenvalue weighted by Crippen LogP contribution is -1.94. The molecule has 0 bridgehead atoms. The topological polar surface area (TPSA) is 75.2 Å². The Labute approximate surface area is 182 Å². The molecule has 0 aliphatic heterocycles. The SMILES string of the molecule is Cc1ncc(-c2cnc3[nH]nc(-c4cc5c(-c6ccccc6F)cccc5[nH]4)c3c2)n1C. The van der Waals surface area contributed by atoms with Crippen molar-refractivity contribution in [3.05, 3.63) is 78.6 Å². The van der Waals surface area contributed by atoms with Crippen LogP contribution in [0.5, 0.6) is 0 Å². The molecular formula is C25H19FN6. The number of aromatic nitrogens is 6. The molecule has 0 atom stereocenters. The van der Waals surface area contributed by atoms with Gasteiger partial charge in [-0.3, -0.25) is 5.10 Å². The molecule has 0 radical (unpaired) electrons. The molecule has 32 heavy (non-hydrogen) atoms. The Bertz CT molecular complexity index is 1620. The van der Waals surface area contributed by atoms with Crippen LogP contribution in [0.1, 0.15) is 5.82 Å². The maximum Gasteiger partial charge on any atom is 0.155 e. The van der Waals surface area contributed by atoms with E-state index < -0.39 is 0 Å². The third-order valence-electron chi connectivity index (χ3n) is 6.02. The van der Waals surface area contributed by atoms with Gasteiger partial charge in [0.05, 0.1) is 17.6 Å². The van der Waals surface area contributed by atoms with E-state index in [2.05, 4.69) is 31.2 Å². The number of hydrogen-bond donors (Lipinski definition) is 2. The largest absolute Gasteiger partial charge is 0.353 e. The van der Waals surface area contributed by atoms with Gasteiger partial charge in [-0.05, 0) is 36.8 Å². The number of hydrogen-bond acceptors (Lipinski definition) is 3. The zero-order valence-electron chi connectivity index (χ0n) is 17.5. The van der Waals surface area contributed by atoms with E-state index >= 15 is 0 Å². The maximum atomic E-state index is 14.5. The molecule has 2 aromatic carbocycles. The summed E-state index contributed by atoms with van der Waals surface area (Å²) in [6.45, 7) is 1.97. The first-order valence-electron chi connectivity index (χ1n) is 10.3. The molecule has 156 valence electrons. The van der Waals surface area contributed by atoms with Gasteiger partial charge in [-0.2, -0.15) is 5.10 Å². The second-order valence-electron chi connectivity index (χ2n) is 7.87. The summed E-state index contributed by atoms with van der Waals surface area (Å²) >= 11 is 0. The minimum Gasteiger partial charge on any atom is -0.353 e. The average molecular weight is 422 g/mol. The number of benzene rings is 2. The predicted octanol–water partition coefficient (Wildman–Crippen LogP) is 5.62. The first-order chi connectivity index (χ1) is 15.6. The molecule has 0 saturated heterocycles. The van der Waals surface area contributed by atoms with Gasteiger partial charge in [0.15, 0.2) is 5.65 Å². The van der Waals surface area contributed by atoms with E-state index in [1.165, 1.54) is 6.07 Å². The van der Waals surface area contributed by atoms with Crippen LogP contribution in [-0.2, 0) is 7.05 Å². The van der Waals surface area contributed by atoms with Gasteiger partial charge in [-0.1, -0.05) is 30.3 Å². The van der Waals surface area contributed by atoms with Crippen molar-refractivity contribution >= 4 is 21.9 Å². The van der Waals surface area contributed by atoms with E-state index in [9.17, 15) is 4.39 Å². The summed E-state index contributed by atoms with van der Waals surface area (Å²) in [5.74, 6) is 0.692. The van der Waals surface area contributed by atoms with E-state index in [-0.39, 0.29) is 5.82 Å². The summed E-state index contributed by atoms with van der Waals surface area (Å²) in [5, 5.41) is 9.39. The Morgan fingerprint density at radius 3 is 2.56 bits per heavy atom. The van der Waals surface area contributed by atoms with Crippen molar-refractivity contribution in [1.29, 1.82) is 0 Å². The number of nitrogens with one attached hydrogen (secondary N) is 2. The van der Waals surface area contributed by atoms with Crippen molar-refractivity contribution in [1.82, 2.24) is 29.7 Å². The van der Waals surface area contributed by atoms with Gasteiger partial charge in [0.25, 0.3) is 0 Å². The summed E-state index contributed by atoms with van der Waals surface area (Å²) in [6.07, 6.45) is 3.67. The van der Waals surface area contributed by atoms with Crippen LogP contribution in [-0.4, -0.2) is 29.7 Å². The summed E-state index contributed by atoms with van der Waals surface area (Å²) in [5.41, 5.74) is 6.60. The Morgan fingerprint density at radius 1 is 0.906 bits per heavy atom. The van der Waals surface area contributed by atoms with Gasteiger partial charge < -0.3 is 9.55 Å². The molecular weight excluding hydrogens is 403 g/mol. The van der Waals surface area contributed by atoms with E-state index in [4.69, 9.17) is 0 Å². The number of aryl methyl sites for hydroxylation is 1. The summed E-state index contributed by atoms with van der Waals surface area (Å²) in [4.78, 5) is 12.4. The fourth-order valence-corrected chi connectivity index (χ4v) is 4.22. The van der Waals surface area contributed by atoms with Crippen molar-refractivity contribution < 1.29 is 4.39 Å². The molecule has 4 heterocycles. The minimum absolute atomic E-state index is 0.242. The van der Waals surface area contributed by atoms with Crippen LogP contribution < -0.4 is 0 Å². The van der Waals surface area contributed by atoms with Crippen molar-refractivity contribution in [3.8, 4) is 33.8 Å². The first-order valence-corrected chi connectivity index (χ1v) is 10.3. The molecule has 0 saturated carbocycles. The van der Waals surface area contributed by atoms with Crippen molar-refractivity contribution in [2.24, 2.45) is 7.05 Å². The number of H-pyrrole nitrogens is 2. The smallest absolute Gasteiger partial charge is 0.155 e. The molecule has 0 aliphatic carbocycles. The average Bonchev–Trinajstić information content (AvgIpc) is 3.50. The molecule has 0 aliphatic rings. The molecule has 0 unspecified atom stereocenters. The van der Waals surface area contributed by atoms with Crippen LogP contribution in [0, 0.1) is 12.7 Å². The van der Waals surface area contributed by atoms with Crippen LogP contribution in [0.2, 0.25) is 0 Å². The lowest BCUT2D eigenvalue weighted by Gasteiger charge is -2.04. The van der Waals surface area contributed by atoms with Crippen LogP contribution in [0.4, 0.5) is 4.39 Å². The van der Waals surface area contributed by atoms with Crippen LogP contribution in [0.25, 0.3) is 55.7 Å². The van der Waals surface area contributed by atoms with Crippen LogP contribution >= 0.6 is 0 Å². The number of halogens is 1. The highest BCUT2D eigenvalue weighted by Crippen LogP contribution is 2.35. The van der Waals surface area contributed by atoms with Gasteiger partial charge in [0.1, 0.15) is 17.3 Å². The Morgan fingerprint density at radius 2 is 1.75 bits per heavy atom. The minimum atomic E-state index is -0.242. The normalized spacial score (nSPS) is 11.6. The monoisotopic (exact) mass is 422 g/mol. The molecule has 7 heteroatoms. The number of fused-ring (bicyclic) bond motifs is 2. The number of rotatable bonds is 3. The molecule has 4 aromatic heterocycles. The van der Waals surface area contributed by atoms with Gasteiger partial charge in [0, 0.05) is 40.7 Å². The first kappa shape index (κ1) is 18.5. The Hall–Kier alpha value is -4.26. The Balaban J connectivity index is 1.53. The second kappa shape index (κ2) is 6.88. The lowest BCUT2D eigenvalue weighted by molar-refractivity contribution is 0.631. The predicted molar refractivity (Wildman–Crippen MR) is 124 cm³/mol. The van der Waals surface area contributed by atoms with E-state index in [1.54, 1.807) is 12.1 Å². The zero-order valence-corrected chi connectivity index (χ0v) is 17.5. The molecule has 0 fully saturated rings. The lowest BCUT2D eigenvalue weighted by atomic mass is 10.0. The summed E-state index contributed by atoms with van der Waals surface area (Å²) in [7, 11) is 1.99. The van der Waals surface area contributed by atoms with E-state index in [0.717, 1.165) is 50.3 Å². The molecule has 0 amide bonds. The number of aromatic amines is 2. The molecule has 6 aromatic rings. The fourth-order valence-electron chi connectivity index (χ4n) is 4.22. The quantitative estimate of drug-likeness (QED) is 0.389. The third kappa shape index (κ3) is 2.75. The molecule has 2 N–H and O–H groups in total.